The number of hydrogen-bond donors (Lipinski definition) is 3. The molecule has 0 aliphatic rings. The molecular formula is C26H20N4O5S. The number of pyridine rings is 1. The van der Waals surface area contributed by atoms with Crippen molar-refractivity contribution in [2.75, 3.05) is 24.4 Å². The molecule has 0 radical (unpaired) electrons. The number of hydrogen-bond acceptors (Lipinski definition) is 8. The summed E-state index contributed by atoms with van der Waals surface area (Å²) in [5.74, 6) is -0.393. The lowest BCUT2D eigenvalue weighted by molar-refractivity contribution is -0.119. The van der Waals surface area contributed by atoms with E-state index in [-0.39, 0.29) is 29.6 Å². The molecule has 36 heavy (non-hydrogen) atoms. The highest BCUT2D eigenvalue weighted by atomic mass is 32.1. The number of para-hydroxylation sites is 1. The number of nitriles is 1. The first kappa shape index (κ1) is 24.4. The number of carbonyl (C=O) groups is 2. The number of methoxy groups -OCH3 is 1. The molecule has 10 heteroatoms. The third-order valence-corrected chi connectivity index (χ3v) is 5.70. The average Bonchev–Trinajstić information content (AvgIpc) is 3.37. The van der Waals surface area contributed by atoms with Crippen LogP contribution in [0.25, 0.3) is 22.4 Å². The van der Waals surface area contributed by atoms with Crippen LogP contribution in [0, 0.1) is 11.3 Å². The molecule has 3 N–H and O–H groups in total. The molecule has 2 amide bonds. The Bertz CT molecular complexity index is 1450. The molecule has 2 heterocycles. The molecule has 0 aliphatic heterocycles. The number of aromatic hydroxyl groups is 1. The molecular weight excluding hydrogens is 480 g/mol. The van der Waals surface area contributed by atoms with Crippen molar-refractivity contribution in [1.29, 1.82) is 5.26 Å². The molecule has 2 aromatic heterocycles. The number of rotatable bonds is 7. The largest absolute Gasteiger partial charge is 0.507 e. The van der Waals surface area contributed by atoms with Crippen LogP contribution < -0.4 is 15.4 Å². The van der Waals surface area contributed by atoms with Gasteiger partial charge in [-0.2, -0.15) is 5.26 Å². The number of aromatic nitrogens is 1. The lowest BCUT2D eigenvalue weighted by Crippen LogP contribution is -2.18. The normalized spacial score (nSPS) is 10.3. The van der Waals surface area contributed by atoms with Gasteiger partial charge in [0.2, 0.25) is 5.91 Å². The Balaban J connectivity index is 1.80. The highest BCUT2D eigenvalue weighted by Crippen LogP contribution is 2.36. The summed E-state index contributed by atoms with van der Waals surface area (Å²) in [4.78, 5) is 29.0. The Morgan fingerprint density at radius 2 is 1.89 bits per heavy atom. The summed E-state index contributed by atoms with van der Waals surface area (Å²) in [6.45, 7) is -0.110. The zero-order valence-electron chi connectivity index (χ0n) is 19.0. The summed E-state index contributed by atoms with van der Waals surface area (Å²) in [5, 5.41) is 27.8. The van der Waals surface area contributed by atoms with Crippen molar-refractivity contribution in [2.24, 2.45) is 0 Å². The molecule has 2 aromatic carbocycles. The molecule has 4 rings (SSSR count). The van der Waals surface area contributed by atoms with E-state index in [2.05, 4.69) is 21.7 Å². The fraction of sp³-hybridized carbons (Fsp3) is 0.0769. The van der Waals surface area contributed by atoms with E-state index in [1.807, 2.05) is 0 Å². The topological polar surface area (TPSA) is 134 Å². The van der Waals surface area contributed by atoms with E-state index in [4.69, 9.17) is 9.47 Å². The predicted octanol–water partition coefficient (Wildman–Crippen LogP) is 5.25. The maximum Gasteiger partial charge on any atom is 0.419 e. The van der Waals surface area contributed by atoms with E-state index in [0.29, 0.717) is 33.1 Å². The van der Waals surface area contributed by atoms with E-state index >= 15 is 0 Å². The number of carbonyl (C=O) groups excluding carboxylic acids is 2. The lowest BCUT2D eigenvalue weighted by Gasteiger charge is -2.15. The van der Waals surface area contributed by atoms with Gasteiger partial charge in [0.15, 0.2) is 10.9 Å². The Morgan fingerprint density at radius 1 is 1.06 bits per heavy atom. The molecule has 4 aromatic rings. The fourth-order valence-corrected chi connectivity index (χ4v) is 4.00. The zero-order valence-corrected chi connectivity index (χ0v) is 19.8. The van der Waals surface area contributed by atoms with Crippen LogP contribution in [0.5, 0.6) is 10.8 Å². The van der Waals surface area contributed by atoms with Crippen LogP contribution in [0.2, 0.25) is 0 Å². The van der Waals surface area contributed by atoms with Gasteiger partial charge in [-0.1, -0.05) is 24.3 Å². The van der Waals surface area contributed by atoms with Gasteiger partial charge in [0.25, 0.3) is 0 Å². The number of nitrogens with zero attached hydrogens (tertiary/aromatic N) is 2. The monoisotopic (exact) mass is 500 g/mol. The summed E-state index contributed by atoms with van der Waals surface area (Å²) in [5.41, 5.74) is 2.31. The molecule has 9 nitrogen and oxygen atoms in total. The number of benzene rings is 2. The molecule has 0 unspecified atom stereocenters. The van der Waals surface area contributed by atoms with Crippen molar-refractivity contribution in [2.45, 2.75) is 0 Å². The van der Waals surface area contributed by atoms with Gasteiger partial charge in [-0.15, -0.1) is 11.3 Å². The molecule has 0 saturated carbocycles. The Morgan fingerprint density at radius 3 is 2.61 bits per heavy atom. The third-order valence-electron chi connectivity index (χ3n) is 4.95. The lowest BCUT2D eigenvalue weighted by atomic mass is 9.97. The maximum absolute atomic E-state index is 12.6. The second-order valence-electron chi connectivity index (χ2n) is 7.42. The highest BCUT2D eigenvalue weighted by Gasteiger charge is 2.20. The van der Waals surface area contributed by atoms with Crippen LogP contribution in [0.3, 0.4) is 0 Å². The first-order valence-electron chi connectivity index (χ1n) is 10.6. The van der Waals surface area contributed by atoms with Gasteiger partial charge in [-0.25, -0.2) is 9.78 Å². The molecule has 0 spiro atoms. The highest BCUT2D eigenvalue weighted by molar-refractivity contribution is 7.11. The van der Waals surface area contributed by atoms with Crippen LogP contribution in [-0.2, 0) is 9.53 Å². The fourth-order valence-electron chi connectivity index (χ4n) is 3.43. The van der Waals surface area contributed by atoms with Gasteiger partial charge in [-0.3, -0.25) is 10.1 Å². The Labute approximate surface area is 210 Å². The van der Waals surface area contributed by atoms with Crippen LogP contribution >= 0.6 is 11.3 Å². The van der Waals surface area contributed by atoms with E-state index in [0.717, 1.165) is 0 Å². The SMILES string of the molecule is COCC(=O)Nc1cccc(-c2cc(-c3ccccc3O)nc(NC(=O)Oc3cccs3)c2C#N)c1. The molecule has 0 aliphatic carbocycles. The van der Waals surface area contributed by atoms with Crippen molar-refractivity contribution in [3.05, 3.63) is 77.7 Å². The van der Waals surface area contributed by atoms with Crippen LogP contribution in [-0.4, -0.2) is 35.8 Å². The first-order chi connectivity index (χ1) is 17.5. The quantitative estimate of drug-likeness (QED) is 0.315. The van der Waals surface area contributed by atoms with Crippen molar-refractivity contribution in [1.82, 2.24) is 4.98 Å². The number of thiophene rings is 1. The van der Waals surface area contributed by atoms with Crippen molar-refractivity contribution >= 4 is 34.8 Å². The second-order valence-corrected chi connectivity index (χ2v) is 8.33. The first-order valence-corrected chi connectivity index (χ1v) is 11.5. The van der Waals surface area contributed by atoms with Gasteiger partial charge in [0.05, 0.1) is 5.69 Å². The minimum atomic E-state index is -0.817. The zero-order chi connectivity index (χ0) is 25.5. The summed E-state index contributed by atoms with van der Waals surface area (Å²) >= 11 is 1.24. The van der Waals surface area contributed by atoms with Gasteiger partial charge >= 0.3 is 6.09 Å². The van der Waals surface area contributed by atoms with E-state index in [1.54, 1.807) is 66.0 Å². The number of ether oxygens (including phenoxy) is 2. The standard InChI is InChI=1S/C26H20N4O5S/c1-34-15-23(32)28-17-7-4-6-16(12-17)19-13-21(18-8-2-3-9-22(18)31)29-25(20(19)14-27)30-26(33)35-24-10-5-11-36-24/h2-13,31H,15H2,1H3,(H,28,32)(H,29,30,33). The number of anilines is 2. The van der Waals surface area contributed by atoms with Gasteiger partial charge < -0.3 is 19.9 Å². The third kappa shape index (κ3) is 5.67. The molecule has 0 bridgehead atoms. The second kappa shape index (κ2) is 11.1. The minimum absolute atomic E-state index is 0.0200. The average molecular weight is 501 g/mol. The van der Waals surface area contributed by atoms with E-state index < -0.39 is 6.09 Å². The van der Waals surface area contributed by atoms with Crippen LogP contribution in [0.4, 0.5) is 16.3 Å². The number of phenolic OH excluding ortho intramolecular Hbond substituents is 1. The van der Waals surface area contributed by atoms with Gasteiger partial charge in [0, 0.05) is 23.9 Å². The van der Waals surface area contributed by atoms with Crippen LogP contribution in [0.15, 0.2) is 72.1 Å². The van der Waals surface area contributed by atoms with Gasteiger partial charge in [0.1, 0.15) is 24.0 Å². The molecule has 180 valence electrons. The molecule has 0 atom stereocenters. The van der Waals surface area contributed by atoms with E-state index in [1.165, 1.54) is 24.5 Å². The van der Waals surface area contributed by atoms with Crippen molar-refractivity contribution < 1.29 is 24.2 Å². The summed E-state index contributed by atoms with van der Waals surface area (Å²) in [7, 11) is 1.42. The Hall–Kier alpha value is -4.72. The Kier molecular flexibility index (Phi) is 7.55. The molecule has 0 saturated heterocycles. The maximum atomic E-state index is 12.6. The summed E-state index contributed by atoms with van der Waals surface area (Å²) < 4.78 is 10.1. The number of phenols is 1. The summed E-state index contributed by atoms with van der Waals surface area (Å²) in [6.07, 6.45) is -0.817. The minimum Gasteiger partial charge on any atom is -0.507 e. The molecule has 0 fully saturated rings. The number of amides is 2. The number of nitrogens with one attached hydrogen (secondary N) is 2. The van der Waals surface area contributed by atoms with Crippen molar-refractivity contribution in [3.63, 3.8) is 0 Å². The summed E-state index contributed by atoms with van der Waals surface area (Å²) in [6, 6.07) is 20.6. The predicted molar refractivity (Wildman–Crippen MR) is 136 cm³/mol. The van der Waals surface area contributed by atoms with E-state index in [9.17, 15) is 20.0 Å². The smallest absolute Gasteiger partial charge is 0.419 e. The van der Waals surface area contributed by atoms with Crippen LogP contribution in [0.1, 0.15) is 5.56 Å². The van der Waals surface area contributed by atoms with Crippen molar-refractivity contribution in [3.8, 4) is 39.3 Å². The van der Waals surface area contributed by atoms with Gasteiger partial charge in [-0.05, 0) is 53.4 Å².